The summed E-state index contributed by atoms with van der Waals surface area (Å²) in [6.07, 6.45) is 3.77. The maximum absolute atomic E-state index is 5.17. The number of rotatable bonds is 3. The summed E-state index contributed by atoms with van der Waals surface area (Å²) < 4.78 is 0. The van der Waals surface area contributed by atoms with Gasteiger partial charge in [0.1, 0.15) is 5.82 Å². The third kappa shape index (κ3) is 3.72. The van der Waals surface area contributed by atoms with E-state index in [1.54, 1.807) is 0 Å². The minimum absolute atomic E-state index is 0.323. The summed E-state index contributed by atoms with van der Waals surface area (Å²) >= 11 is 0. The molecule has 4 aromatic carbocycles. The Morgan fingerprint density at radius 3 is 2.14 bits per heavy atom. The van der Waals surface area contributed by atoms with Crippen molar-refractivity contribution in [2.24, 2.45) is 0 Å². The van der Waals surface area contributed by atoms with Gasteiger partial charge in [-0.3, -0.25) is 9.88 Å². The molecular weight excluding hydrogens is 512 g/mol. The molecule has 0 atom stereocenters. The van der Waals surface area contributed by atoms with Gasteiger partial charge in [-0.15, -0.1) is 0 Å². The van der Waals surface area contributed by atoms with Crippen LogP contribution in [0.1, 0.15) is 25.0 Å². The maximum Gasteiger partial charge on any atom is 0.142 e. The summed E-state index contributed by atoms with van der Waals surface area (Å²) in [7, 11) is 0. The molecule has 4 heteroatoms. The highest BCUT2D eigenvalue weighted by Gasteiger charge is 2.40. The second-order valence-corrected chi connectivity index (χ2v) is 11.4. The molecule has 200 valence electrons. The van der Waals surface area contributed by atoms with Crippen LogP contribution in [0.5, 0.6) is 0 Å². The Labute approximate surface area is 245 Å². The molecule has 0 aliphatic carbocycles. The molecular formula is C38H28N4. The van der Waals surface area contributed by atoms with Crippen LogP contribution in [0, 0.1) is 0 Å². The highest BCUT2D eigenvalue weighted by Crippen LogP contribution is 2.54. The van der Waals surface area contributed by atoms with Crippen molar-refractivity contribution in [3.8, 4) is 22.4 Å². The molecule has 1 aliphatic rings. The number of para-hydroxylation sites is 1. The lowest BCUT2D eigenvalue weighted by molar-refractivity contribution is 0.629. The van der Waals surface area contributed by atoms with E-state index in [0.29, 0.717) is 0 Å². The van der Waals surface area contributed by atoms with E-state index in [4.69, 9.17) is 9.97 Å². The van der Waals surface area contributed by atoms with Gasteiger partial charge < -0.3 is 0 Å². The molecule has 0 bridgehead atoms. The van der Waals surface area contributed by atoms with Crippen molar-refractivity contribution < 1.29 is 0 Å². The van der Waals surface area contributed by atoms with E-state index < -0.39 is 0 Å². The van der Waals surface area contributed by atoms with E-state index in [2.05, 4.69) is 139 Å². The fourth-order valence-corrected chi connectivity index (χ4v) is 6.46. The quantitative estimate of drug-likeness (QED) is 0.209. The molecule has 3 aromatic heterocycles. The van der Waals surface area contributed by atoms with Gasteiger partial charge in [-0.2, -0.15) is 0 Å². The number of benzene rings is 4. The number of aromatic nitrogens is 3. The van der Waals surface area contributed by atoms with Gasteiger partial charge in [-0.25, -0.2) is 9.97 Å². The molecule has 42 heavy (non-hydrogen) atoms. The first-order chi connectivity index (χ1) is 20.6. The second-order valence-electron chi connectivity index (χ2n) is 11.4. The van der Waals surface area contributed by atoms with E-state index >= 15 is 0 Å². The zero-order valence-corrected chi connectivity index (χ0v) is 23.5. The Morgan fingerprint density at radius 1 is 0.595 bits per heavy atom. The predicted molar refractivity (Wildman–Crippen MR) is 173 cm³/mol. The summed E-state index contributed by atoms with van der Waals surface area (Å²) in [6, 6.07) is 42.6. The molecule has 1 aliphatic heterocycles. The molecule has 8 rings (SSSR count). The number of hydrogen-bond acceptors (Lipinski definition) is 4. The monoisotopic (exact) mass is 540 g/mol. The molecule has 4 nitrogen and oxygen atoms in total. The molecule has 0 fully saturated rings. The fraction of sp³-hybridized carbons (Fsp3) is 0.0789. The Morgan fingerprint density at radius 2 is 1.33 bits per heavy atom. The molecule has 0 spiro atoms. The number of hydrogen-bond donors (Lipinski definition) is 0. The van der Waals surface area contributed by atoms with Gasteiger partial charge in [-0.1, -0.05) is 92.7 Å². The van der Waals surface area contributed by atoms with Gasteiger partial charge in [0.05, 0.1) is 22.4 Å². The van der Waals surface area contributed by atoms with Gasteiger partial charge in [0.25, 0.3) is 0 Å². The highest BCUT2D eigenvalue weighted by molar-refractivity contribution is 6.03. The number of nitrogens with zero attached hydrogens (tertiary/aromatic N) is 4. The van der Waals surface area contributed by atoms with Gasteiger partial charge in [0, 0.05) is 45.4 Å². The van der Waals surface area contributed by atoms with Crippen molar-refractivity contribution in [2.75, 3.05) is 4.90 Å². The molecule has 4 heterocycles. The molecule has 0 unspecified atom stereocenters. The summed E-state index contributed by atoms with van der Waals surface area (Å²) in [5.41, 5.74) is 10.6. The van der Waals surface area contributed by atoms with Crippen molar-refractivity contribution >= 4 is 39.0 Å². The van der Waals surface area contributed by atoms with E-state index in [9.17, 15) is 0 Å². The maximum atomic E-state index is 5.17. The molecule has 0 amide bonds. The molecule has 7 aromatic rings. The smallest absolute Gasteiger partial charge is 0.142 e. The van der Waals surface area contributed by atoms with Crippen LogP contribution in [0.2, 0.25) is 0 Å². The van der Waals surface area contributed by atoms with Crippen LogP contribution in [0.15, 0.2) is 134 Å². The number of fused-ring (bicyclic) bond motifs is 5. The zero-order chi connectivity index (χ0) is 28.3. The first kappa shape index (κ1) is 24.4. The van der Waals surface area contributed by atoms with E-state index in [0.717, 1.165) is 50.3 Å². The summed E-state index contributed by atoms with van der Waals surface area (Å²) in [4.78, 5) is 17.1. The van der Waals surface area contributed by atoms with E-state index in [-0.39, 0.29) is 5.41 Å². The lowest BCUT2D eigenvalue weighted by Crippen LogP contribution is -2.32. The van der Waals surface area contributed by atoms with Crippen LogP contribution >= 0.6 is 0 Å². The third-order valence-electron chi connectivity index (χ3n) is 8.51. The first-order valence-corrected chi connectivity index (χ1v) is 14.3. The summed E-state index contributed by atoms with van der Waals surface area (Å²) in [5, 5.41) is 2.18. The standard InChI is InChI=1S/C38H28N4/c1-38(2)31-24-28(32-19-17-27-16-15-26-12-9-22-39-35(26)36(27)41-32)18-20-33(31)42(29-13-7-4-8-14-29)37-34(38)30(21-23-40-37)25-10-5-3-6-11-25/h3-24H,1-2H3. The van der Waals surface area contributed by atoms with Crippen molar-refractivity contribution in [1.82, 2.24) is 15.0 Å². The van der Waals surface area contributed by atoms with Gasteiger partial charge in [0.15, 0.2) is 0 Å². The zero-order valence-electron chi connectivity index (χ0n) is 23.5. The van der Waals surface area contributed by atoms with Crippen LogP contribution in [0.3, 0.4) is 0 Å². The van der Waals surface area contributed by atoms with Gasteiger partial charge in [-0.05, 0) is 59.2 Å². The normalized spacial score (nSPS) is 13.6. The minimum atomic E-state index is -0.323. The summed E-state index contributed by atoms with van der Waals surface area (Å²) in [5.74, 6) is 0.967. The Kier molecular flexibility index (Phi) is 5.44. The predicted octanol–water partition coefficient (Wildman–Crippen LogP) is 9.62. The van der Waals surface area contributed by atoms with Crippen LogP contribution in [0.4, 0.5) is 17.2 Å². The molecule has 0 radical (unpaired) electrons. The van der Waals surface area contributed by atoms with Crippen LogP contribution < -0.4 is 4.90 Å². The Bertz CT molecular complexity index is 2120. The first-order valence-electron chi connectivity index (χ1n) is 14.3. The average Bonchev–Trinajstić information content (AvgIpc) is 3.05. The van der Waals surface area contributed by atoms with Crippen molar-refractivity contribution in [1.29, 1.82) is 0 Å². The topological polar surface area (TPSA) is 41.9 Å². The molecule has 0 N–H and O–H groups in total. The van der Waals surface area contributed by atoms with Gasteiger partial charge >= 0.3 is 0 Å². The third-order valence-corrected chi connectivity index (χ3v) is 8.51. The van der Waals surface area contributed by atoms with E-state index in [1.165, 1.54) is 22.3 Å². The van der Waals surface area contributed by atoms with Crippen LogP contribution in [0.25, 0.3) is 44.2 Å². The Balaban J connectivity index is 1.37. The second kappa shape index (κ2) is 9.35. The lowest BCUT2D eigenvalue weighted by Gasteiger charge is -2.42. The lowest BCUT2D eigenvalue weighted by atomic mass is 9.71. The Hall–Kier alpha value is -5.35. The average molecular weight is 541 g/mol. The molecule has 0 saturated carbocycles. The minimum Gasteiger partial charge on any atom is -0.294 e. The van der Waals surface area contributed by atoms with Crippen LogP contribution in [-0.4, -0.2) is 15.0 Å². The SMILES string of the molecule is CC1(C)c2cc(-c3ccc4ccc5cccnc5c4n3)ccc2N(c2ccccc2)c2nccc(-c3ccccc3)c21. The summed E-state index contributed by atoms with van der Waals surface area (Å²) in [6.45, 7) is 4.63. The van der Waals surface area contributed by atoms with Crippen molar-refractivity contribution in [3.05, 3.63) is 145 Å². The van der Waals surface area contributed by atoms with Crippen LogP contribution in [-0.2, 0) is 5.41 Å². The molecule has 0 saturated heterocycles. The van der Waals surface area contributed by atoms with Crippen molar-refractivity contribution in [2.45, 2.75) is 19.3 Å². The highest BCUT2D eigenvalue weighted by atomic mass is 15.2. The van der Waals surface area contributed by atoms with E-state index in [1.807, 2.05) is 18.5 Å². The number of anilines is 3. The fourth-order valence-electron chi connectivity index (χ4n) is 6.46. The van der Waals surface area contributed by atoms with Gasteiger partial charge in [0.2, 0.25) is 0 Å². The number of pyridine rings is 3. The van der Waals surface area contributed by atoms with Crippen molar-refractivity contribution in [3.63, 3.8) is 0 Å². The largest absolute Gasteiger partial charge is 0.294 e.